The Morgan fingerprint density at radius 3 is 2.57 bits per heavy atom. The fourth-order valence-corrected chi connectivity index (χ4v) is 2.45. The van der Waals surface area contributed by atoms with Crippen LogP contribution < -0.4 is 0 Å². The van der Waals surface area contributed by atoms with Crippen LogP contribution >= 0.6 is 11.8 Å². The van der Waals surface area contributed by atoms with Gasteiger partial charge in [-0.1, -0.05) is 44.8 Å². The van der Waals surface area contributed by atoms with Crippen LogP contribution in [0.15, 0.2) is 23.1 Å². The van der Waals surface area contributed by atoms with Crippen molar-refractivity contribution in [2.24, 2.45) is 5.92 Å². The molecule has 0 amide bonds. The van der Waals surface area contributed by atoms with Crippen LogP contribution in [0.2, 0.25) is 0 Å². The minimum Gasteiger partial charge on any atom is -0.130 e. The molecule has 14 heavy (non-hydrogen) atoms. The van der Waals surface area contributed by atoms with Crippen molar-refractivity contribution in [2.45, 2.75) is 45.4 Å². The first kappa shape index (κ1) is 11.9. The summed E-state index contributed by atoms with van der Waals surface area (Å²) in [5.74, 6) is 0.952. The lowest BCUT2D eigenvalue weighted by atomic mass is 9.86. The van der Waals surface area contributed by atoms with Crippen molar-refractivity contribution in [1.82, 2.24) is 0 Å². The Morgan fingerprint density at radius 1 is 1.36 bits per heavy atom. The Bertz CT molecular complexity index is 209. The molecule has 0 unspecified atom stereocenters. The maximum absolute atomic E-state index is 4.03. The van der Waals surface area contributed by atoms with Crippen LogP contribution in [0.3, 0.4) is 0 Å². The molecular formula is C13H22S. The van der Waals surface area contributed by atoms with Gasteiger partial charge in [0.25, 0.3) is 0 Å². The van der Waals surface area contributed by atoms with Gasteiger partial charge < -0.3 is 0 Å². The fraction of sp³-hybridized carbons (Fsp3) is 0.692. The van der Waals surface area contributed by atoms with Crippen molar-refractivity contribution < 1.29 is 0 Å². The average molecular weight is 210 g/mol. The molecule has 1 heteroatoms. The summed E-state index contributed by atoms with van der Waals surface area (Å²) in [6, 6.07) is 0. The third kappa shape index (κ3) is 3.91. The van der Waals surface area contributed by atoms with Crippen LogP contribution in [0.25, 0.3) is 0 Å². The minimum atomic E-state index is 0.952. The van der Waals surface area contributed by atoms with E-state index in [0.29, 0.717) is 0 Å². The van der Waals surface area contributed by atoms with E-state index in [9.17, 15) is 0 Å². The van der Waals surface area contributed by atoms with Crippen LogP contribution in [0.5, 0.6) is 0 Å². The van der Waals surface area contributed by atoms with Crippen molar-refractivity contribution >= 4 is 11.8 Å². The highest BCUT2D eigenvalue weighted by molar-refractivity contribution is 8.02. The Hall–Kier alpha value is -0.170. The zero-order valence-corrected chi connectivity index (χ0v) is 10.3. The van der Waals surface area contributed by atoms with Gasteiger partial charge in [0.15, 0.2) is 0 Å². The maximum Gasteiger partial charge on any atom is 0.00232 e. The Kier molecular flexibility index (Phi) is 5.39. The summed E-state index contributed by atoms with van der Waals surface area (Å²) in [6.07, 6.45) is 13.0. The van der Waals surface area contributed by atoms with E-state index in [-0.39, 0.29) is 0 Å². The van der Waals surface area contributed by atoms with Gasteiger partial charge in [-0.25, -0.2) is 0 Å². The highest BCUT2D eigenvalue weighted by Gasteiger charge is 2.11. The van der Waals surface area contributed by atoms with Gasteiger partial charge in [-0.3, -0.25) is 0 Å². The van der Waals surface area contributed by atoms with Gasteiger partial charge in [0.1, 0.15) is 0 Å². The Morgan fingerprint density at radius 2 is 2.00 bits per heavy atom. The van der Waals surface area contributed by atoms with Gasteiger partial charge in [0.2, 0.25) is 0 Å². The number of hydrogen-bond acceptors (Lipinski definition) is 1. The summed E-state index contributed by atoms with van der Waals surface area (Å²) in [4.78, 5) is 1.22. The molecule has 0 N–H and O–H groups in total. The average Bonchev–Trinajstić information content (AvgIpc) is 2.26. The summed E-state index contributed by atoms with van der Waals surface area (Å²) in [5, 5.41) is 0. The van der Waals surface area contributed by atoms with Crippen LogP contribution in [-0.4, -0.2) is 6.26 Å². The number of allylic oxidation sites excluding steroid dienone is 2. The minimum absolute atomic E-state index is 0.952. The molecule has 0 atom stereocenters. The van der Waals surface area contributed by atoms with Gasteiger partial charge in [-0.15, -0.1) is 11.8 Å². The van der Waals surface area contributed by atoms with Crippen LogP contribution in [0.1, 0.15) is 45.4 Å². The van der Waals surface area contributed by atoms with Crippen molar-refractivity contribution in [3.8, 4) is 0 Å². The second-order valence-electron chi connectivity index (χ2n) is 4.25. The normalized spacial score (nSPS) is 19.7. The predicted molar refractivity (Wildman–Crippen MR) is 67.6 cm³/mol. The molecular weight excluding hydrogens is 188 g/mol. The van der Waals surface area contributed by atoms with Gasteiger partial charge in [0, 0.05) is 4.91 Å². The van der Waals surface area contributed by atoms with E-state index in [4.69, 9.17) is 0 Å². The summed E-state index contributed by atoms with van der Waals surface area (Å²) >= 11 is 1.76. The molecule has 1 aliphatic rings. The zero-order chi connectivity index (χ0) is 10.4. The van der Waals surface area contributed by atoms with Gasteiger partial charge >= 0.3 is 0 Å². The quantitative estimate of drug-likeness (QED) is 0.602. The van der Waals surface area contributed by atoms with Gasteiger partial charge in [0.05, 0.1) is 0 Å². The lowest BCUT2D eigenvalue weighted by Crippen LogP contribution is -2.04. The monoisotopic (exact) mass is 210 g/mol. The highest BCUT2D eigenvalue weighted by atomic mass is 32.2. The molecule has 0 nitrogen and oxygen atoms in total. The Balaban J connectivity index is 2.33. The smallest absolute Gasteiger partial charge is 0.00232 e. The number of rotatable bonds is 4. The summed E-state index contributed by atoms with van der Waals surface area (Å²) in [5.41, 5.74) is 1.38. The van der Waals surface area contributed by atoms with Crippen molar-refractivity contribution in [2.75, 3.05) is 6.26 Å². The first-order valence-electron chi connectivity index (χ1n) is 5.64. The van der Waals surface area contributed by atoms with Crippen LogP contribution in [-0.2, 0) is 0 Å². The maximum atomic E-state index is 4.03. The molecule has 0 saturated heterocycles. The largest absolute Gasteiger partial charge is 0.130 e. The van der Waals surface area contributed by atoms with E-state index >= 15 is 0 Å². The van der Waals surface area contributed by atoms with E-state index < -0.39 is 0 Å². The van der Waals surface area contributed by atoms with Crippen LogP contribution in [0, 0.1) is 5.92 Å². The second-order valence-corrected chi connectivity index (χ2v) is 5.16. The summed E-state index contributed by atoms with van der Waals surface area (Å²) < 4.78 is 0. The van der Waals surface area contributed by atoms with E-state index in [1.54, 1.807) is 11.8 Å². The van der Waals surface area contributed by atoms with Crippen molar-refractivity contribution in [3.05, 3.63) is 23.1 Å². The standard InChI is InChI=1S/C13H22S/c1-11(12(2)14-3)9-10-13-7-5-4-6-8-13/h9,13H,2,4-8,10H2,1,3H3/b11-9+. The third-order valence-corrected chi connectivity index (χ3v) is 3.98. The molecule has 1 fully saturated rings. The van der Waals surface area contributed by atoms with Crippen molar-refractivity contribution in [3.63, 3.8) is 0 Å². The highest BCUT2D eigenvalue weighted by Crippen LogP contribution is 2.28. The third-order valence-electron chi connectivity index (χ3n) is 3.17. The first-order valence-corrected chi connectivity index (χ1v) is 6.86. The second kappa shape index (κ2) is 6.34. The zero-order valence-electron chi connectivity index (χ0n) is 9.51. The number of thioether (sulfide) groups is 1. The molecule has 1 rings (SSSR count). The molecule has 0 aromatic heterocycles. The van der Waals surface area contributed by atoms with E-state index in [1.165, 1.54) is 49.0 Å². The summed E-state index contributed by atoms with van der Waals surface area (Å²) in [6.45, 7) is 6.21. The van der Waals surface area contributed by atoms with Crippen LogP contribution in [0.4, 0.5) is 0 Å². The molecule has 0 bridgehead atoms. The number of hydrogen-bond donors (Lipinski definition) is 0. The van der Waals surface area contributed by atoms with Gasteiger partial charge in [-0.05, 0) is 31.1 Å². The molecule has 80 valence electrons. The summed E-state index contributed by atoms with van der Waals surface area (Å²) in [7, 11) is 0. The fourth-order valence-electron chi connectivity index (χ4n) is 2.04. The molecule has 1 saturated carbocycles. The molecule has 1 aliphatic carbocycles. The Labute approximate surface area is 92.9 Å². The molecule has 0 radical (unpaired) electrons. The topological polar surface area (TPSA) is 0 Å². The van der Waals surface area contributed by atoms with Crippen molar-refractivity contribution in [1.29, 1.82) is 0 Å². The molecule has 0 spiro atoms. The van der Waals surface area contributed by atoms with E-state index in [1.807, 2.05) is 0 Å². The molecule has 0 aromatic carbocycles. The molecule has 0 heterocycles. The predicted octanol–water partition coefficient (Wildman–Crippen LogP) is 4.78. The van der Waals surface area contributed by atoms with Gasteiger partial charge in [-0.2, -0.15) is 0 Å². The molecule has 0 aliphatic heterocycles. The van der Waals surface area contributed by atoms with E-state index in [0.717, 1.165) is 5.92 Å². The van der Waals surface area contributed by atoms with E-state index in [2.05, 4.69) is 25.8 Å². The lowest BCUT2D eigenvalue weighted by molar-refractivity contribution is 0.361. The first-order chi connectivity index (χ1) is 6.74. The SMILES string of the molecule is C=C(SC)/C(C)=C/CC1CCCCC1. The lowest BCUT2D eigenvalue weighted by Gasteiger charge is -2.20. The molecule has 0 aromatic rings.